The van der Waals surface area contributed by atoms with Crippen molar-refractivity contribution in [2.24, 2.45) is 0 Å². The molecule has 0 saturated heterocycles. The Morgan fingerprint density at radius 3 is 2.29 bits per heavy atom. The molecule has 0 aliphatic heterocycles. The lowest BCUT2D eigenvalue weighted by Gasteiger charge is -2.26. The smallest absolute Gasteiger partial charge is 0.407 e. The van der Waals surface area contributed by atoms with Gasteiger partial charge in [-0.25, -0.2) is 4.79 Å². The average Bonchev–Trinajstić information content (AvgIpc) is 2.15. The molecule has 94 valence electrons. The lowest BCUT2D eigenvalue weighted by atomic mass is 9.94. The van der Waals surface area contributed by atoms with Crippen LogP contribution in [0.2, 0.25) is 10.0 Å². The third-order valence-corrected chi connectivity index (χ3v) is 2.71. The first kappa shape index (κ1) is 14.1. The van der Waals surface area contributed by atoms with E-state index in [1.54, 1.807) is 25.1 Å². The second-order valence-corrected chi connectivity index (χ2v) is 5.00. The minimum Gasteiger partial charge on any atom is -0.450 e. The van der Waals surface area contributed by atoms with Gasteiger partial charge >= 0.3 is 6.09 Å². The van der Waals surface area contributed by atoms with Crippen molar-refractivity contribution in [3.8, 4) is 0 Å². The molecule has 3 nitrogen and oxygen atoms in total. The number of hydrogen-bond donors (Lipinski definition) is 1. The zero-order valence-corrected chi connectivity index (χ0v) is 11.5. The molecule has 17 heavy (non-hydrogen) atoms. The fourth-order valence-electron chi connectivity index (χ4n) is 1.41. The third-order valence-electron chi connectivity index (χ3n) is 2.27. The molecule has 1 N–H and O–H groups in total. The summed E-state index contributed by atoms with van der Waals surface area (Å²) in [7, 11) is 0. The molecule has 0 spiro atoms. The van der Waals surface area contributed by atoms with Crippen LogP contribution in [0.5, 0.6) is 0 Å². The molecule has 0 heterocycles. The van der Waals surface area contributed by atoms with Crippen LogP contribution in [0.1, 0.15) is 26.3 Å². The van der Waals surface area contributed by atoms with Gasteiger partial charge in [0.15, 0.2) is 0 Å². The van der Waals surface area contributed by atoms with Crippen LogP contribution < -0.4 is 5.32 Å². The second kappa shape index (κ2) is 5.61. The first-order valence-corrected chi connectivity index (χ1v) is 6.02. The Morgan fingerprint density at radius 2 is 1.82 bits per heavy atom. The SMILES string of the molecule is CCOC(=O)NC(C)(C)c1cc(Cl)cc(Cl)c1. The number of alkyl carbamates (subject to hydrolysis) is 1. The first-order chi connectivity index (χ1) is 7.85. The highest BCUT2D eigenvalue weighted by atomic mass is 35.5. The van der Waals surface area contributed by atoms with Crippen molar-refractivity contribution in [1.82, 2.24) is 5.32 Å². The van der Waals surface area contributed by atoms with Gasteiger partial charge in [-0.1, -0.05) is 23.2 Å². The van der Waals surface area contributed by atoms with Crippen molar-refractivity contribution in [2.75, 3.05) is 6.61 Å². The predicted octanol–water partition coefficient (Wildman–Crippen LogP) is 3.97. The van der Waals surface area contributed by atoms with Crippen molar-refractivity contribution in [1.29, 1.82) is 0 Å². The molecule has 1 aromatic carbocycles. The number of ether oxygens (including phenoxy) is 1. The molecule has 0 saturated carbocycles. The number of nitrogens with one attached hydrogen (secondary N) is 1. The number of benzene rings is 1. The van der Waals surface area contributed by atoms with Gasteiger partial charge in [0, 0.05) is 10.0 Å². The summed E-state index contributed by atoms with van der Waals surface area (Å²) in [5, 5.41) is 3.82. The van der Waals surface area contributed by atoms with Crippen molar-refractivity contribution in [3.63, 3.8) is 0 Å². The zero-order chi connectivity index (χ0) is 13.1. The van der Waals surface area contributed by atoms with Gasteiger partial charge in [-0.15, -0.1) is 0 Å². The van der Waals surface area contributed by atoms with Gasteiger partial charge in [-0.05, 0) is 44.5 Å². The molecule has 1 aromatic rings. The molecule has 0 aliphatic rings. The van der Waals surface area contributed by atoms with Gasteiger partial charge < -0.3 is 10.1 Å². The van der Waals surface area contributed by atoms with E-state index in [2.05, 4.69) is 5.32 Å². The average molecular weight is 276 g/mol. The molecular weight excluding hydrogens is 261 g/mol. The standard InChI is InChI=1S/C12H15Cl2NO2/c1-4-17-11(16)15-12(2,3)8-5-9(13)7-10(14)6-8/h5-7H,4H2,1-3H3,(H,15,16). The number of hydrogen-bond acceptors (Lipinski definition) is 2. The minimum absolute atomic E-state index is 0.332. The predicted molar refractivity (Wildman–Crippen MR) is 69.6 cm³/mol. The fourth-order valence-corrected chi connectivity index (χ4v) is 1.94. The van der Waals surface area contributed by atoms with E-state index < -0.39 is 11.6 Å². The van der Waals surface area contributed by atoms with Crippen LogP contribution in [0.3, 0.4) is 0 Å². The Labute approximate surface area is 111 Å². The van der Waals surface area contributed by atoms with Crippen LogP contribution >= 0.6 is 23.2 Å². The summed E-state index contributed by atoms with van der Waals surface area (Å²) in [5.74, 6) is 0. The maximum absolute atomic E-state index is 11.4. The third kappa shape index (κ3) is 4.10. The summed E-state index contributed by atoms with van der Waals surface area (Å²) in [6.07, 6.45) is -0.464. The summed E-state index contributed by atoms with van der Waals surface area (Å²) in [6, 6.07) is 5.17. The Bertz CT molecular complexity index is 399. The Balaban J connectivity index is 2.92. The van der Waals surface area contributed by atoms with E-state index >= 15 is 0 Å². The van der Waals surface area contributed by atoms with E-state index in [0.29, 0.717) is 16.7 Å². The Kier molecular flexibility index (Phi) is 4.66. The van der Waals surface area contributed by atoms with Gasteiger partial charge in [-0.2, -0.15) is 0 Å². The van der Waals surface area contributed by atoms with E-state index in [1.165, 1.54) is 0 Å². The highest BCUT2D eigenvalue weighted by molar-refractivity contribution is 6.34. The van der Waals surface area contributed by atoms with Crippen molar-refractivity contribution >= 4 is 29.3 Å². The summed E-state index contributed by atoms with van der Waals surface area (Å²) < 4.78 is 4.84. The van der Waals surface area contributed by atoms with E-state index in [9.17, 15) is 4.79 Å². The Hall–Kier alpha value is -0.930. The van der Waals surface area contributed by atoms with Crippen LogP contribution in [0.25, 0.3) is 0 Å². The summed E-state index contributed by atoms with van der Waals surface area (Å²) in [5.41, 5.74) is 0.226. The topological polar surface area (TPSA) is 38.3 Å². The maximum Gasteiger partial charge on any atom is 0.407 e. The number of carbonyl (C=O) groups excluding carboxylic acids is 1. The van der Waals surface area contributed by atoms with Crippen LogP contribution in [0.15, 0.2) is 18.2 Å². The minimum atomic E-state index is -0.596. The number of halogens is 2. The molecule has 0 fully saturated rings. The molecule has 1 amide bonds. The first-order valence-electron chi connectivity index (χ1n) is 5.26. The van der Waals surface area contributed by atoms with Gasteiger partial charge in [0.25, 0.3) is 0 Å². The highest BCUT2D eigenvalue weighted by Crippen LogP contribution is 2.27. The van der Waals surface area contributed by atoms with Gasteiger partial charge in [0.2, 0.25) is 0 Å². The molecule has 0 bridgehead atoms. The largest absolute Gasteiger partial charge is 0.450 e. The van der Waals surface area contributed by atoms with E-state index in [0.717, 1.165) is 5.56 Å². The molecule has 0 radical (unpaired) electrons. The van der Waals surface area contributed by atoms with Crippen LogP contribution in [0, 0.1) is 0 Å². The van der Waals surface area contributed by atoms with Crippen molar-refractivity contribution in [3.05, 3.63) is 33.8 Å². The maximum atomic E-state index is 11.4. The highest BCUT2D eigenvalue weighted by Gasteiger charge is 2.24. The normalized spacial score (nSPS) is 11.1. The van der Waals surface area contributed by atoms with Crippen molar-refractivity contribution in [2.45, 2.75) is 26.3 Å². The van der Waals surface area contributed by atoms with E-state index in [4.69, 9.17) is 27.9 Å². The summed E-state index contributed by atoms with van der Waals surface area (Å²) in [6.45, 7) is 5.79. The summed E-state index contributed by atoms with van der Waals surface area (Å²) >= 11 is 11.9. The number of amides is 1. The lowest BCUT2D eigenvalue weighted by Crippen LogP contribution is -2.41. The zero-order valence-electron chi connectivity index (χ0n) is 10.0. The molecule has 0 aliphatic carbocycles. The molecular formula is C12H15Cl2NO2. The fraction of sp³-hybridized carbons (Fsp3) is 0.417. The molecule has 1 rings (SSSR count). The number of rotatable bonds is 3. The van der Waals surface area contributed by atoms with Crippen LogP contribution in [-0.2, 0) is 10.3 Å². The molecule has 0 atom stereocenters. The van der Waals surface area contributed by atoms with Crippen LogP contribution in [0.4, 0.5) is 4.79 Å². The van der Waals surface area contributed by atoms with Gasteiger partial charge in [-0.3, -0.25) is 0 Å². The lowest BCUT2D eigenvalue weighted by molar-refractivity contribution is 0.141. The van der Waals surface area contributed by atoms with Gasteiger partial charge in [0.05, 0.1) is 12.1 Å². The second-order valence-electron chi connectivity index (χ2n) is 4.13. The monoisotopic (exact) mass is 275 g/mol. The molecule has 0 unspecified atom stereocenters. The van der Waals surface area contributed by atoms with Gasteiger partial charge in [0.1, 0.15) is 0 Å². The van der Waals surface area contributed by atoms with E-state index in [1.807, 2.05) is 13.8 Å². The Morgan fingerprint density at radius 1 is 1.29 bits per heavy atom. The quantitative estimate of drug-likeness (QED) is 0.907. The van der Waals surface area contributed by atoms with E-state index in [-0.39, 0.29) is 0 Å². The summed E-state index contributed by atoms with van der Waals surface area (Å²) in [4.78, 5) is 11.4. The van der Waals surface area contributed by atoms with Crippen LogP contribution in [-0.4, -0.2) is 12.7 Å². The van der Waals surface area contributed by atoms with Crippen molar-refractivity contribution < 1.29 is 9.53 Å². The number of carbonyl (C=O) groups is 1. The molecule has 0 aromatic heterocycles. The molecule has 5 heteroatoms.